The average Bonchev–Trinajstić information content (AvgIpc) is 2.29. The van der Waals surface area contributed by atoms with Gasteiger partial charge in [-0.2, -0.15) is 0 Å². The molecule has 15 heavy (non-hydrogen) atoms. The van der Waals surface area contributed by atoms with Gasteiger partial charge in [0.25, 0.3) is 0 Å². The van der Waals surface area contributed by atoms with Gasteiger partial charge in [-0.1, -0.05) is 6.07 Å². The summed E-state index contributed by atoms with van der Waals surface area (Å²) in [5.74, 6) is 0.578. The molecule has 0 spiro atoms. The minimum Gasteiger partial charge on any atom is -0.403 e. The molecular formula is C10H14N4O. The number of methoxy groups -OCH3 is 1. The zero-order valence-electron chi connectivity index (χ0n) is 8.55. The van der Waals surface area contributed by atoms with Crippen LogP contribution in [0.15, 0.2) is 41.3 Å². The van der Waals surface area contributed by atoms with Crippen LogP contribution in [0.1, 0.15) is 0 Å². The van der Waals surface area contributed by atoms with Crippen LogP contribution in [0.5, 0.6) is 0 Å². The third kappa shape index (κ3) is 3.40. The van der Waals surface area contributed by atoms with Gasteiger partial charge in [-0.3, -0.25) is 0 Å². The molecule has 1 aromatic rings. The number of hydrogen-bond acceptors (Lipinski definition) is 5. The Labute approximate surface area is 88.5 Å². The van der Waals surface area contributed by atoms with Gasteiger partial charge in [0.15, 0.2) is 5.82 Å². The first-order chi connectivity index (χ1) is 7.27. The molecule has 0 aromatic carbocycles. The molecule has 0 saturated heterocycles. The van der Waals surface area contributed by atoms with Crippen molar-refractivity contribution >= 4 is 11.5 Å². The molecule has 4 N–H and O–H groups in total. The maximum absolute atomic E-state index is 5.65. The van der Waals surface area contributed by atoms with Crippen LogP contribution in [-0.2, 0) is 4.74 Å². The van der Waals surface area contributed by atoms with Crippen molar-refractivity contribution in [3.63, 3.8) is 0 Å². The zero-order chi connectivity index (χ0) is 11.1. The Morgan fingerprint density at radius 3 is 2.93 bits per heavy atom. The van der Waals surface area contributed by atoms with Crippen molar-refractivity contribution in [3.05, 3.63) is 36.3 Å². The second-order valence-corrected chi connectivity index (χ2v) is 2.80. The molecule has 0 fully saturated rings. The fourth-order valence-electron chi connectivity index (χ4n) is 0.971. The Bertz CT molecular complexity index is 359. The van der Waals surface area contributed by atoms with Crippen LogP contribution in [0.2, 0.25) is 0 Å². The minimum absolute atomic E-state index is 0.302. The molecule has 80 valence electrons. The second kappa shape index (κ2) is 5.77. The normalized spacial score (nSPS) is 12.9. The molecule has 0 bridgehead atoms. The van der Waals surface area contributed by atoms with Crippen molar-refractivity contribution < 1.29 is 4.74 Å². The monoisotopic (exact) mass is 206 g/mol. The van der Waals surface area contributed by atoms with E-state index in [1.165, 1.54) is 6.20 Å². The quantitative estimate of drug-likeness (QED) is 0.705. The van der Waals surface area contributed by atoms with Gasteiger partial charge >= 0.3 is 0 Å². The van der Waals surface area contributed by atoms with Gasteiger partial charge < -0.3 is 16.2 Å². The molecule has 1 heterocycles. The summed E-state index contributed by atoms with van der Waals surface area (Å²) in [6.45, 7) is 0.302. The lowest BCUT2D eigenvalue weighted by molar-refractivity contribution is 0.245. The summed E-state index contributed by atoms with van der Waals surface area (Å²) in [6.07, 6.45) is 2.95. The van der Waals surface area contributed by atoms with Gasteiger partial charge in [0.05, 0.1) is 18.0 Å². The lowest BCUT2D eigenvalue weighted by atomic mass is 10.3. The molecule has 0 saturated carbocycles. The predicted octanol–water partition coefficient (Wildman–Crippen LogP) is 0.559. The Balaban J connectivity index is 2.94. The third-order valence-corrected chi connectivity index (χ3v) is 1.69. The Kier molecular flexibility index (Phi) is 4.30. The Morgan fingerprint density at radius 1 is 1.60 bits per heavy atom. The summed E-state index contributed by atoms with van der Waals surface area (Å²) in [7, 11) is 1.57. The molecule has 1 rings (SSSR count). The molecule has 5 heteroatoms. The highest BCUT2D eigenvalue weighted by molar-refractivity contribution is 6.01. The Hall–Kier alpha value is -1.88. The van der Waals surface area contributed by atoms with E-state index in [1.54, 1.807) is 19.4 Å². The maximum atomic E-state index is 5.65. The van der Waals surface area contributed by atoms with Gasteiger partial charge in [-0.25, -0.2) is 9.98 Å². The number of aromatic nitrogens is 1. The van der Waals surface area contributed by atoms with Crippen LogP contribution in [0.3, 0.4) is 0 Å². The lowest BCUT2D eigenvalue weighted by Crippen LogP contribution is -2.18. The minimum atomic E-state index is 0.302. The van der Waals surface area contributed by atoms with Crippen LogP contribution >= 0.6 is 0 Å². The number of pyridine rings is 1. The first-order valence-corrected chi connectivity index (χ1v) is 4.43. The molecule has 1 aromatic heterocycles. The van der Waals surface area contributed by atoms with Gasteiger partial charge in [0.2, 0.25) is 0 Å². The summed E-state index contributed by atoms with van der Waals surface area (Å²) < 4.78 is 4.96. The largest absolute Gasteiger partial charge is 0.403 e. The number of ether oxygens (including phenoxy) is 1. The van der Waals surface area contributed by atoms with E-state index in [-0.39, 0.29) is 0 Å². The molecule has 0 aliphatic carbocycles. The van der Waals surface area contributed by atoms with Crippen molar-refractivity contribution in [2.75, 3.05) is 13.7 Å². The van der Waals surface area contributed by atoms with Gasteiger partial charge in [-0.05, 0) is 12.1 Å². The first-order valence-electron chi connectivity index (χ1n) is 4.43. The van der Waals surface area contributed by atoms with E-state index in [0.717, 1.165) is 0 Å². The Morgan fingerprint density at radius 2 is 2.40 bits per heavy atom. The average molecular weight is 206 g/mol. The highest BCUT2D eigenvalue weighted by Crippen LogP contribution is 2.07. The van der Waals surface area contributed by atoms with Gasteiger partial charge in [0, 0.05) is 19.5 Å². The van der Waals surface area contributed by atoms with Crippen molar-refractivity contribution in [3.8, 4) is 0 Å². The molecule has 5 nitrogen and oxygen atoms in total. The second-order valence-electron chi connectivity index (χ2n) is 2.80. The van der Waals surface area contributed by atoms with E-state index in [2.05, 4.69) is 9.98 Å². The van der Waals surface area contributed by atoms with Crippen molar-refractivity contribution in [2.24, 2.45) is 16.5 Å². The first kappa shape index (κ1) is 11.2. The predicted molar refractivity (Wildman–Crippen MR) is 59.7 cm³/mol. The zero-order valence-corrected chi connectivity index (χ0v) is 8.55. The molecule has 0 aliphatic heterocycles. The number of aliphatic imine (C=N–C) groups is 1. The highest BCUT2D eigenvalue weighted by atomic mass is 16.5. The van der Waals surface area contributed by atoms with E-state index in [0.29, 0.717) is 23.8 Å². The molecular weight excluding hydrogens is 192 g/mol. The molecule has 0 aliphatic rings. The molecule has 0 radical (unpaired) electrons. The van der Waals surface area contributed by atoms with Crippen molar-refractivity contribution in [2.45, 2.75) is 0 Å². The van der Waals surface area contributed by atoms with E-state index in [1.807, 2.05) is 12.1 Å². The lowest BCUT2D eigenvalue weighted by Gasteiger charge is -2.04. The summed E-state index contributed by atoms with van der Waals surface area (Å²) in [5, 5.41) is 0. The van der Waals surface area contributed by atoms with Crippen LogP contribution in [0.4, 0.5) is 5.82 Å². The molecule has 0 unspecified atom stereocenters. The fourth-order valence-corrected chi connectivity index (χ4v) is 0.971. The van der Waals surface area contributed by atoms with Crippen molar-refractivity contribution in [1.82, 2.24) is 4.98 Å². The fraction of sp³-hybridized carbons (Fsp3) is 0.200. The SMILES string of the molecule is COCC(=N\c1ccccn1)/C(N)=C\N. The highest BCUT2D eigenvalue weighted by Gasteiger charge is 2.02. The molecule has 0 amide bonds. The summed E-state index contributed by atoms with van der Waals surface area (Å²) in [5.41, 5.74) is 11.9. The van der Waals surface area contributed by atoms with Crippen molar-refractivity contribution in [1.29, 1.82) is 0 Å². The summed E-state index contributed by atoms with van der Waals surface area (Å²) >= 11 is 0. The van der Waals surface area contributed by atoms with E-state index >= 15 is 0 Å². The molecule has 0 atom stereocenters. The van der Waals surface area contributed by atoms with E-state index in [4.69, 9.17) is 16.2 Å². The van der Waals surface area contributed by atoms with E-state index < -0.39 is 0 Å². The summed E-state index contributed by atoms with van der Waals surface area (Å²) in [6, 6.07) is 5.44. The summed E-state index contributed by atoms with van der Waals surface area (Å²) in [4.78, 5) is 8.28. The number of hydrogen-bond donors (Lipinski definition) is 2. The van der Waals surface area contributed by atoms with Gasteiger partial charge in [-0.15, -0.1) is 0 Å². The van der Waals surface area contributed by atoms with Crippen LogP contribution in [0.25, 0.3) is 0 Å². The topological polar surface area (TPSA) is 86.5 Å². The van der Waals surface area contributed by atoms with Crippen LogP contribution in [-0.4, -0.2) is 24.4 Å². The smallest absolute Gasteiger partial charge is 0.152 e. The van der Waals surface area contributed by atoms with Gasteiger partial charge in [0.1, 0.15) is 0 Å². The number of nitrogens with zero attached hydrogens (tertiary/aromatic N) is 2. The third-order valence-electron chi connectivity index (χ3n) is 1.69. The van der Waals surface area contributed by atoms with Crippen LogP contribution in [0, 0.1) is 0 Å². The number of rotatable bonds is 4. The number of nitrogens with two attached hydrogens (primary N) is 2. The van der Waals surface area contributed by atoms with E-state index in [9.17, 15) is 0 Å². The standard InChI is InChI=1S/C10H14N4O/c1-15-7-9(8(12)6-11)14-10-4-2-3-5-13-10/h2-6H,7,11-12H2,1H3/b8-6+,14-9+. The maximum Gasteiger partial charge on any atom is 0.152 e. The van der Waals surface area contributed by atoms with Crippen LogP contribution < -0.4 is 11.5 Å².